The lowest BCUT2D eigenvalue weighted by Crippen LogP contribution is -2.39. The Morgan fingerprint density at radius 1 is 1.03 bits per heavy atom. The van der Waals surface area contributed by atoms with Crippen LogP contribution < -0.4 is 19.2 Å². The summed E-state index contributed by atoms with van der Waals surface area (Å²) in [7, 11) is -2.50. The molecule has 8 nitrogen and oxygen atoms in total. The van der Waals surface area contributed by atoms with E-state index in [2.05, 4.69) is 10.5 Å². The van der Waals surface area contributed by atoms with Crippen LogP contribution in [-0.4, -0.2) is 40.8 Å². The lowest BCUT2D eigenvalue weighted by atomic mass is 10.2. The predicted molar refractivity (Wildman–Crippen MR) is 132 cm³/mol. The Morgan fingerprint density at radius 3 is 2.35 bits per heavy atom. The number of hydrogen-bond acceptors (Lipinski definition) is 6. The van der Waals surface area contributed by atoms with Crippen molar-refractivity contribution in [1.82, 2.24) is 5.43 Å². The van der Waals surface area contributed by atoms with E-state index >= 15 is 0 Å². The zero-order valence-electron chi connectivity index (χ0n) is 19.3. The van der Waals surface area contributed by atoms with Gasteiger partial charge in [-0.25, -0.2) is 13.8 Å². The Labute approximate surface area is 199 Å². The Morgan fingerprint density at radius 2 is 1.71 bits per heavy atom. The van der Waals surface area contributed by atoms with E-state index in [0.29, 0.717) is 29.4 Å². The molecule has 3 rings (SSSR count). The van der Waals surface area contributed by atoms with Crippen molar-refractivity contribution in [3.05, 3.63) is 83.9 Å². The lowest BCUT2D eigenvalue weighted by molar-refractivity contribution is -0.119. The van der Waals surface area contributed by atoms with Gasteiger partial charge in [0, 0.05) is 5.56 Å². The number of nitrogens with zero attached hydrogens (tertiary/aromatic N) is 2. The molecule has 0 aliphatic heterocycles. The average molecular weight is 482 g/mol. The first-order valence-electron chi connectivity index (χ1n) is 10.6. The molecule has 0 radical (unpaired) electrons. The van der Waals surface area contributed by atoms with E-state index in [4.69, 9.17) is 9.47 Å². The van der Waals surface area contributed by atoms with Gasteiger partial charge in [-0.05, 0) is 62.4 Å². The minimum Gasteiger partial charge on any atom is -0.496 e. The quantitative estimate of drug-likeness (QED) is 0.351. The summed E-state index contributed by atoms with van der Waals surface area (Å²) in [5.41, 5.74) is 4.39. The van der Waals surface area contributed by atoms with Gasteiger partial charge in [0.05, 0.1) is 30.5 Å². The number of aryl methyl sites for hydroxylation is 1. The van der Waals surface area contributed by atoms with E-state index < -0.39 is 22.5 Å². The summed E-state index contributed by atoms with van der Waals surface area (Å²) in [6.07, 6.45) is 1.44. The molecule has 34 heavy (non-hydrogen) atoms. The maximum Gasteiger partial charge on any atom is 0.264 e. The van der Waals surface area contributed by atoms with Gasteiger partial charge in [-0.2, -0.15) is 5.10 Å². The van der Waals surface area contributed by atoms with Gasteiger partial charge < -0.3 is 9.47 Å². The van der Waals surface area contributed by atoms with Crippen LogP contribution in [0.1, 0.15) is 18.1 Å². The summed E-state index contributed by atoms with van der Waals surface area (Å²) in [5, 5.41) is 3.96. The van der Waals surface area contributed by atoms with Crippen molar-refractivity contribution in [3.63, 3.8) is 0 Å². The Kier molecular flexibility index (Phi) is 8.26. The SMILES string of the molecule is CCOc1ccc(S(=O)(=O)N(CC(=O)N/N=C\c2ccccc2OC)c2ccc(C)cc2)cc1. The molecule has 0 unspecified atom stereocenters. The second kappa shape index (κ2) is 11.3. The number of carbonyl (C=O) groups is 1. The maximum atomic E-state index is 13.5. The fourth-order valence-electron chi connectivity index (χ4n) is 3.14. The fourth-order valence-corrected chi connectivity index (χ4v) is 4.56. The first-order valence-corrected chi connectivity index (χ1v) is 12.1. The highest BCUT2D eigenvalue weighted by molar-refractivity contribution is 7.92. The summed E-state index contributed by atoms with van der Waals surface area (Å²) in [4.78, 5) is 12.7. The van der Waals surface area contributed by atoms with Gasteiger partial charge in [0.1, 0.15) is 18.0 Å². The number of benzene rings is 3. The number of amides is 1. The Hall–Kier alpha value is -3.85. The van der Waals surface area contributed by atoms with Crippen LogP contribution in [0, 0.1) is 6.92 Å². The highest BCUT2D eigenvalue weighted by Crippen LogP contribution is 2.25. The number of rotatable bonds is 10. The van der Waals surface area contributed by atoms with Crippen molar-refractivity contribution < 1.29 is 22.7 Å². The molecule has 0 heterocycles. The summed E-state index contributed by atoms with van der Waals surface area (Å²) < 4.78 is 38.6. The van der Waals surface area contributed by atoms with Gasteiger partial charge in [0.15, 0.2) is 0 Å². The average Bonchev–Trinajstić information content (AvgIpc) is 2.84. The summed E-state index contributed by atoms with van der Waals surface area (Å²) in [5.74, 6) is 0.563. The van der Waals surface area contributed by atoms with Crippen LogP contribution >= 0.6 is 0 Å². The normalized spacial score (nSPS) is 11.3. The van der Waals surface area contributed by atoms with Gasteiger partial charge in [-0.1, -0.05) is 29.8 Å². The maximum absolute atomic E-state index is 13.5. The van der Waals surface area contributed by atoms with Crippen molar-refractivity contribution >= 4 is 27.8 Å². The molecular formula is C25H27N3O5S. The number of para-hydroxylation sites is 1. The van der Waals surface area contributed by atoms with E-state index in [9.17, 15) is 13.2 Å². The number of carbonyl (C=O) groups excluding carboxylic acids is 1. The van der Waals surface area contributed by atoms with Gasteiger partial charge >= 0.3 is 0 Å². The number of methoxy groups -OCH3 is 1. The smallest absolute Gasteiger partial charge is 0.264 e. The van der Waals surface area contributed by atoms with Crippen molar-refractivity contribution in [2.24, 2.45) is 5.10 Å². The first-order chi connectivity index (χ1) is 16.3. The molecule has 0 aromatic heterocycles. The second-order valence-electron chi connectivity index (χ2n) is 7.29. The molecule has 0 aliphatic carbocycles. The van der Waals surface area contributed by atoms with Crippen molar-refractivity contribution in [1.29, 1.82) is 0 Å². The summed E-state index contributed by atoms with van der Waals surface area (Å²) in [6.45, 7) is 3.76. The molecule has 0 saturated carbocycles. The minimum atomic E-state index is -4.04. The molecule has 0 saturated heterocycles. The fraction of sp³-hybridized carbons (Fsp3) is 0.200. The number of anilines is 1. The van der Waals surface area contributed by atoms with Crippen LogP contribution in [0.2, 0.25) is 0 Å². The number of hydrogen-bond donors (Lipinski definition) is 1. The van der Waals surface area contributed by atoms with E-state index in [-0.39, 0.29) is 4.90 Å². The third-order valence-electron chi connectivity index (χ3n) is 4.86. The molecule has 9 heteroatoms. The number of sulfonamides is 1. The van der Waals surface area contributed by atoms with Crippen LogP contribution in [0.4, 0.5) is 5.69 Å². The van der Waals surface area contributed by atoms with Crippen LogP contribution in [0.25, 0.3) is 0 Å². The molecule has 0 bridgehead atoms. The van der Waals surface area contributed by atoms with Crippen molar-refractivity contribution in [2.45, 2.75) is 18.7 Å². The molecule has 0 aliphatic rings. The van der Waals surface area contributed by atoms with Crippen molar-refractivity contribution in [3.8, 4) is 11.5 Å². The molecule has 1 amide bonds. The Balaban J connectivity index is 1.83. The van der Waals surface area contributed by atoms with Crippen LogP contribution in [0.5, 0.6) is 11.5 Å². The van der Waals surface area contributed by atoms with E-state index in [1.54, 1.807) is 48.5 Å². The first kappa shape index (κ1) is 24.8. The van der Waals surface area contributed by atoms with Gasteiger partial charge in [-0.3, -0.25) is 9.10 Å². The minimum absolute atomic E-state index is 0.0434. The molecule has 0 atom stereocenters. The molecule has 3 aromatic rings. The molecule has 0 fully saturated rings. The van der Waals surface area contributed by atoms with E-state index in [0.717, 1.165) is 9.87 Å². The number of nitrogens with one attached hydrogen (secondary N) is 1. The monoisotopic (exact) mass is 481 g/mol. The molecule has 1 N–H and O–H groups in total. The molecule has 3 aromatic carbocycles. The molecular weight excluding hydrogens is 454 g/mol. The van der Waals surface area contributed by atoms with Gasteiger partial charge in [0.25, 0.3) is 15.9 Å². The van der Waals surface area contributed by atoms with Crippen LogP contribution in [-0.2, 0) is 14.8 Å². The van der Waals surface area contributed by atoms with E-state index in [1.807, 2.05) is 26.0 Å². The lowest BCUT2D eigenvalue weighted by Gasteiger charge is -2.24. The number of ether oxygens (including phenoxy) is 2. The highest BCUT2D eigenvalue weighted by Gasteiger charge is 2.27. The standard InChI is InChI=1S/C25H27N3O5S/c1-4-33-22-13-15-23(16-14-22)34(30,31)28(21-11-9-19(2)10-12-21)18-25(29)27-26-17-20-7-5-6-8-24(20)32-3/h5-17H,4,18H2,1-3H3,(H,27,29)/b26-17-. The zero-order valence-corrected chi connectivity index (χ0v) is 20.1. The zero-order chi connectivity index (χ0) is 24.6. The third-order valence-corrected chi connectivity index (χ3v) is 6.65. The predicted octanol–water partition coefficient (Wildman–Crippen LogP) is 3.75. The number of hydrazone groups is 1. The second-order valence-corrected chi connectivity index (χ2v) is 9.15. The molecule has 0 spiro atoms. The van der Waals surface area contributed by atoms with Crippen LogP contribution in [0.3, 0.4) is 0 Å². The van der Waals surface area contributed by atoms with Crippen molar-refractivity contribution in [2.75, 3.05) is 24.6 Å². The largest absolute Gasteiger partial charge is 0.496 e. The van der Waals surface area contributed by atoms with Gasteiger partial charge in [-0.15, -0.1) is 0 Å². The van der Waals surface area contributed by atoms with E-state index in [1.165, 1.54) is 25.5 Å². The summed E-state index contributed by atoms with van der Waals surface area (Å²) >= 11 is 0. The summed E-state index contributed by atoms with van der Waals surface area (Å²) in [6, 6.07) is 20.2. The third kappa shape index (κ3) is 6.14. The Bertz CT molecular complexity index is 1240. The highest BCUT2D eigenvalue weighted by atomic mass is 32.2. The van der Waals surface area contributed by atoms with Crippen LogP contribution in [0.15, 0.2) is 82.8 Å². The topological polar surface area (TPSA) is 97.3 Å². The molecule has 178 valence electrons. The van der Waals surface area contributed by atoms with Gasteiger partial charge in [0.2, 0.25) is 0 Å².